The van der Waals surface area contributed by atoms with Crippen LogP contribution in [0.4, 0.5) is 0 Å². The highest BCUT2D eigenvalue weighted by Gasteiger charge is 2.03. The monoisotopic (exact) mass is 284 g/mol. The highest BCUT2D eigenvalue weighted by molar-refractivity contribution is 5.90. The van der Waals surface area contributed by atoms with E-state index in [9.17, 15) is 5.26 Å². The van der Waals surface area contributed by atoms with E-state index in [4.69, 9.17) is 16.4 Å². The molecule has 0 atom stereocenters. The van der Waals surface area contributed by atoms with Gasteiger partial charge in [-0.25, -0.2) is 0 Å². The van der Waals surface area contributed by atoms with Gasteiger partial charge in [-0.1, -0.05) is 30.2 Å². The number of terminal acetylenes is 1. The largest absolute Gasteiger partial charge is 0.481 e. The smallest absolute Gasteiger partial charge is 0.148 e. The van der Waals surface area contributed by atoms with E-state index in [1.165, 1.54) is 0 Å². The van der Waals surface area contributed by atoms with Crippen molar-refractivity contribution in [3.63, 3.8) is 0 Å². The fourth-order valence-corrected chi connectivity index (χ4v) is 1.92. The van der Waals surface area contributed by atoms with Crippen LogP contribution in [-0.2, 0) is 0 Å². The lowest BCUT2D eigenvalue weighted by Gasteiger charge is -2.04. The van der Waals surface area contributed by atoms with E-state index in [1.54, 1.807) is 36.4 Å². The van der Waals surface area contributed by atoms with Gasteiger partial charge in [-0.15, -0.1) is 6.42 Å². The Morgan fingerprint density at radius 1 is 1.14 bits per heavy atom. The van der Waals surface area contributed by atoms with Gasteiger partial charge >= 0.3 is 0 Å². The molecule has 0 radical (unpaired) electrons. The molecule has 0 fully saturated rings. The number of ether oxygens (including phenoxy) is 1. The molecule has 0 aliphatic heterocycles. The van der Waals surface area contributed by atoms with E-state index in [0.717, 1.165) is 5.56 Å². The van der Waals surface area contributed by atoms with Crippen LogP contribution in [0.25, 0.3) is 11.6 Å². The second-order valence-electron chi connectivity index (χ2n) is 4.43. The summed E-state index contributed by atoms with van der Waals surface area (Å²) < 4.78 is 5.36. The summed E-state index contributed by atoms with van der Waals surface area (Å²) in [4.78, 5) is 0. The maximum atomic E-state index is 9.36. The van der Waals surface area contributed by atoms with Gasteiger partial charge in [0.2, 0.25) is 0 Å². The van der Waals surface area contributed by atoms with Crippen molar-refractivity contribution >= 4 is 11.6 Å². The van der Waals surface area contributed by atoms with Crippen molar-refractivity contribution in [3.8, 4) is 30.2 Å². The van der Waals surface area contributed by atoms with Crippen molar-refractivity contribution in [1.29, 1.82) is 10.5 Å². The molecule has 0 amide bonds. The molecule has 3 heteroatoms. The molecule has 2 aromatic rings. The first-order chi connectivity index (χ1) is 10.8. The van der Waals surface area contributed by atoms with Gasteiger partial charge in [-0.05, 0) is 41.5 Å². The molecule has 3 nitrogen and oxygen atoms in total. The van der Waals surface area contributed by atoms with Crippen LogP contribution < -0.4 is 4.74 Å². The van der Waals surface area contributed by atoms with Crippen molar-refractivity contribution in [2.45, 2.75) is 0 Å². The van der Waals surface area contributed by atoms with Crippen LogP contribution in [0.1, 0.15) is 16.7 Å². The van der Waals surface area contributed by atoms with Crippen molar-refractivity contribution in [2.75, 3.05) is 6.61 Å². The fourth-order valence-electron chi connectivity index (χ4n) is 1.92. The number of nitriles is 2. The Labute approximate surface area is 129 Å². The van der Waals surface area contributed by atoms with Crippen molar-refractivity contribution in [2.24, 2.45) is 0 Å². The maximum absolute atomic E-state index is 9.36. The zero-order valence-electron chi connectivity index (χ0n) is 11.8. The summed E-state index contributed by atoms with van der Waals surface area (Å²) in [5.74, 6) is 3.05. The second-order valence-corrected chi connectivity index (χ2v) is 4.43. The van der Waals surface area contributed by atoms with Crippen LogP contribution in [0.2, 0.25) is 0 Å². The first-order valence-corrected chi connectivity index (χ1v) is 6.55. The Kier molecular flexibility index (Phi) is 4.98. The molecule has 0 aliphatic carbocycles. The van der Waals surface area contributed by atoms with Crippen molar-refractivity contribution in [1.82, 2.24) is 0 Å². The van der Waals surface area contributed by atoms with Gasteiger partial charge in [0.15, 0.2) is 0 Å². The molecule has 2 aromatic carbocycles. The fraction of sp³-hybridized carbons (Fsp3) is 0.0526. The van der Waals surface area contributed by atoms with E-state index in [1.807, 2.05) is 18.2 Å². The molecule has 0 aliphatic rings. The quantitative estimate of drug-likeness (QED) is 0.489. The van der Waals surface area contributed by atoms with Crippen LogP contribution >= 0.6 is 0 Å². The first kappa shape index (κ1) is 14.9. The summed E-state index contributed by atoms with van der Waals surface area (Å²) >= 11 is 0. The van der Waals surface area contributed by atoms with Crippen molar-refractivity contribution < 1.29 is 4.74 Å². The number of allylic oxidation sites excluding steroid dienone is 1. The Balaban J connectivity index is 2.35. The van der Waals surface area contributed by atoms with Crippen LogP contribution in [0.3, 0.4) is 0 Å². The van der Waals surface area contributed by atoms with Gasteiger partial charge in [0.1, 0.15) is 12.4 Å². The Hall–Kier alpha value is -3.48. The topological polar surface area (TPSA) is 56.8 Å². The third-order valence-corrected chi connectivity index (χ3v) is 2.91. The molecule has 22 heavy (non-hydrogen) atoms. The highest BCUT2D eigenvalue weighted by atomic mass is 16.5. The third-order valence-electron chi connectivity index (χ3n) is 2.91. The second kappa shape index (κ2) is 7.34. The first-order valence-electron chi connectivity index (χ1n) is 6.55. The molecular formula is C19H12N2O. The van der Waals surface area contributed by atoms with E-state index < -0.39 is 0 Å². The summed E-state index contributed by atoms with van der Waals surface area (Å²) in [5, 5.41) is 18.3. The molecule has 0 aromatic heterocycles. The zero-order chi connectivity index (χ0) is 15.8. The minimum absolute atomic E-state index is 0.197. The van der Waals surface area contributed by atoms with Gasteiger partial charge in [0.25, 0.3) is 0 Å². The summed E-state index contributed by atoms with van der Waals surface area (Å²) in [6.07, 6.45) is 6.91. The highest BCUT2D eigenvalue weighted by Crippen LogP contribution is 2.21. The average Bonchev–Trinajstić information content (AvgIpc) is 2.58. The number of nitrogens with zero attached hydrogens (tertiary/aromatic N) is 2. The van der Waals surface area contributed by atoms with E-state index in [2.05, 4.69) is 18.1 Å². The summed E-state index contributed by atoms with van der Waals surface area (Å²) in [5.41, 5.74) is 2.53. The van der Waals surface area contributed by atoms with Crippen LogP contribution in [0, 0.1) is 35.0 Å². The summed E-state index contributed by atoms with van der Waals surface area (Å²) in [7, 11) is 0. The number of rotatable bonds is 4. The summed E-state index contributed by atoms with van der Waals surface area (Å²) in [6.45, 7) is 0.197. The molecule has 0 spiro atoms. The van der Waals surface area contributed by atoms with Gasteiger partial charge in [0, 0.05) is 0 Å². The Morgan fingerprint density at radius 2 is 1.95 bits per heavy atom. The lowest BCUT2D eigenvalue weighted by atomic mass is 10.0. The van der Waals surface area contributed by atoms with Gasteiger partial charge in [0.05, 0.1) is 23.3 Å². The SMILES string of the molecule is C#CCOc1cccc(/C=C(/C#N)c2cccc(C#N)c2)c1. The number of benzene rings is 2. The van der Waals surface area contributed by atoms with Gasteiger partial charge in [-0.2, -0.15) is 10.5 Å². The van der Waals surface area contributed by atoms with E-state index in [-0.39, 0.29) is 6.61 Å². The Bertz CT molecular complexity index is 829. The van der Waals surface area contributed by atoms with Crippen LogP contribution in [-0.4, -0.2) is 6.61 Å². The lowest BCUT2D eigenvalue weighted by molar-refractivity contribution is 0.370. The normalized spacial score (nSPS) is 10.1. The molecule has 0 bridgehead atoms. The van der Waals surface area contributed by atoms with E-state index >= 15 is 0 Å². The van der Waals surface area contributed by atoms with Crippen LogP contribution in [0.15, 0.2) is 48.5 Å². The van der Waals surface area contributed by atoms with Gasteiger partial charge < -0.3 is 4.74 Å². The van der Waals surface area contributed by atoms with Crippen molar-refractivity contribution in [3.05, 3.63) is 65.2 Å². The van der Waals surface area contributed by atoms with E-state index in [0.29, 0.717) is 22.4 Å². The van der Waals surface area contributed by atoms with Gasteiger partial charge in [-0.3, -0.25) is 0 Å². The molecule has 0 saturated heterocycles. The molecule has 0 unspecified atom stereocenters. The molecule has 104 valence electrons. The number of hydrogen-bond acceptors (Lipinski definition) is 3. The molecule has 0 N–H and O–H groups in total. The zero-order valence-corrected chi connectivity index (χ0v) is 11.8. The molecular weight excluding hydrogens is 272 g/mol. The van der Waals surface area contributed by atoms with Crippen LogP contribution in [0.5, 0.6) is 5.75 Å². The Morgan fingerprint density at radius 3 is 2.68 bits per heavy atom. The third kappa shape index (κ3) is 3.76. The molecule has 2 rings (SSSR count). The average molecular weight is 284 g/mol. The predicted molar refractivity (Wildman–Crippen MR) is 85.4 cm³/mol. The lowest BCUT2D eigenvalue weighted by Crippen LogP contribution is -1.93. The maximum Gasteiger partial charge on any atom is 0.148 e. The standard InChI is InChI=1S/C19H12N2O/c1-2-9-22-19-8-4-5-15(12-19)10-18(14-21)17-7-3-6-16(11-17)13-20/h1,3-8,10-12H,9H2/b18-10-. The molecule has 0 saturated carbocycles. The molecule has 0 heterocycles. The summed E-state index contributed by atoms with van der Waals surface area (Å²) in [6, 6.07) is 18.5. The number of hydrogen-bond donors (Lipinski definition) is 0. The predicted octanol–water partition coefficient (Wildman–Crippen LogP) is 3.63. The minimum atomic E-state index is 0.197. The minimum Gasteiger partial charge on any atom is -0.481 e.